The van der Waals surface area contributed by atoms with E-state index in [1.807, 2.05) is 60.0 Å². The van der Waals surface area contributed by atoms with Gasteiger partial charge in [-0.15, -0.1) is 16.8 Å². The molecule has 0 saturated heterocycles. The standard InChI is InChI=1S/C23H25N5O2S/c1-3-14-28-21(17(2)25-22(30)19-12-8-5-9-13-19)26-27-23(28)31-16-20(29)24-15-18-10-6-4-7-11-18/h3-13,17H,1,14-16H2,2H3,(H,24,29)(H,25,30). The first kappa shape index (κ1) is 22.3. The Hall–Kier alpha value is -3.39. The number of aromatic nitrogens is 3. The van der Waals surface area contributed by atoms with E-state index in [0.29, 0.717) is 29.6 Å². The quantitative estimate of drug-likeness (QED) is 0.377. The number of carbonyl (C=O) groups excluding carboxylic acids is 2. The monoisotopic (exact) mass is 435 g/mol. The third-order valence-corrected chi connectivity index (χ3v) is 5.46. The number of nitrogens with zero attached hydrogens (tertiary/aromatic N) is 3. The number of thioether (sulfide) groups is 1. The maximum Gasteiger partial charge on any atom is 0.251 e. The fraction of sp³-hybridized carbons (Fsp3) is 0.217. The summed E-state index contributed by atoms with van der Waals surface area (Å²) in [4.78, 5) is 24.7. The normalized spacial score (nSPS) is 11.5. The van der Waals surface area contributed by atoms with Gasteiger partial charge < -0.3 is 15.2 Å². The predicted molar refractivity (Wildman–Crippen MR) is 122 cm³/mol. The van der Waals surface area contributed by atoms with Gasteiger partial charge in [0.05, 0.1) is 11.8 Å². The van der Waals surface area contributed by atoms with Crippen LogP contribution in [0.15, 0.2) is 78.5 Å². The van der Waals surface area contributed by atoms with E-state index in [9.17, 15) is 9.59 Å². The van der Waals surface area contributed by atoms with Gasteiger partial charge in [-0.25, -0.2) is 0 Å². The van der Waals surface area contributed by atoms with Crippen LogP contribution in [-0.4, -0.2) is 32.3 Å². The van der Waals surface area contributed by atoms with Crippen molar-refractivity contribution >= 4 is 23.6 Å². The highest BCUT2D eigenvalue weighted by Crippen LogP contribution is 2.21. The summed E-state index contributed by atoms with van der Waals surface area (Å²) in [6, 6.07) is 18.4. The summed E-state index contributed by atoms with van der Waals surface area (Å²) < 4.78 is 1.86. The van der Waals surface area contributed by atoms with Crippen molar-refractivity contribution in [1.82, 2.24) is 25.4 Å². The molecule has 3 aromatic rings. The van der Waals surface area contributed by atoms with Gasteiger partial charge in [0.25, 0.3) is 5.91 Å². The molecule has 0 radical (unpaired) electrons. The number of nitrogens with one attached hydrogen (secondary N) is 2. The minimum absolute atomic E-state index is 0.0889. The number of carbonyl (C=O) groups is 2. The van der Waals surface area contributed by atoms with Crippen LogP contribution in [0, 0.1) is 0 Å². The number of hydrogen-bond acceptors (Lipinski definition) is 5. The Morgan fingerprint density at radius 2 is 1.77 bits per heavy atom. The molecule has 0 aliphatic carbocycles. The van der Waals surface area contributed by atoms with Gasteiger partial charge in [0, 0.05) is 18.7 Å². The van der Waals surface area contributed by atoms with Gasteiger partial charge >= 0.3 is 0 Å². The molecule has 0 aliphatic rings. The zero-order chi connectivity index (χ0) is 22.1. The van der Waals surface area contributed by atoms with Crippen LogP contribution in [0.25, 0.3) is 0 Å². The molecule has 0 aliphatic heterocycles. The van der Waals surface area contributed by atoms with Crippen molar-refractivity contribution in [3.8, 4) is 0 Å². The van der Waals surface area contributed by atoms with Crippen LogP contribution in [-0.2, 0) is 17.9 Å². The zero-order valence-corrected chi connectivity index (χ0v) is 18.1. The zero-order valence-electron chi connectivity index (χ0n) is 17.3. The van der Waals surface area contributed by atoms with Crippen molar-refractivity contribution < 1.29 is 9.59 Å². The van der Waals surface area contributed by atoms with Gasteiger partial charge in [0.1, 0.15) is 0 Å². The summed E-state index contributed by atoms with van der Waals surface area (Å²) in [5.74, 6) is 0.550. The molecule has 0 bridgehead atoms. The highest BCUT2D eigenvalue weighted by molar-refractivity contribution is 7.99. The van der Waals surface area contributed by atoms with E-state index >= 15 is 0 Å². The van der Waals surface area contributed by atoms with Crippen molar-refractivity contribution in [2.24, 2.45) is 0 Å². The second-order valence-electron chi connectivity index (χ2n) is 6.85. The lowest BCUT2D eigenvalue weighted by atomic mass is 10.2. The van der Waals surface area contributed by atoms with E-state index in [1.54, 1.807) is 18.2 Å². The van der Waals surface area contributed by atoms with Crippen molar-refractivity contribution in [1.29, 1.82) is 0 Å². The number of rotatable bonds is 10. The van der Waals surface area contributed by atoms with Crippen LogP contribution in [0.2, 0.25) is 0 Å². The van der Waals surface area contributed by atoms with Gasteiger partial charge in [0.2, 0.25) is 5.91 Å². The van der Waals surface area contributed by atoms with Crippen LogP contribution < -0.4 is 10.6 Å². The molecule has 31 heavy (non-hydrogen) atoms. The lowest BCUT2D eigenvalue weighted by Crippen LogP contribution is -2.28. The fourth-order valence-electron chi connectivity index (χ4n) is 2.94. The first-order chi connectivity index (χ1) is 15.1. The molecule has 7 nitrogen and oxygen atoms in total. The second-order valence-corrected chi connectivity index (χ2v) is 7.79. The van der Waals surface area contributed by atoms with E-state index in [-0.39, 0.29) is 23.6 Å². The van der Waals surface area contributed by atoms with E-state index in [4.69, 9.17) is 0 Å². The Morgan fingerprint density at radius 1 is 1.10 bits per heavy atom. The highest BCUT2D eigenvalue weighted by atomic mass is 32.2. The summed E-state index contributed by atoms with van der Waals surface area (Å²) >= 11 is 1.30. The molecule has 8 heteroatoms. The van der Waals surface area contributed by atoms with Crippen LogP contribution in [0.5, 0.6) is 0 Å². The minimum atomic E-state index is -0.360. The highest BCUT2D eigenvalue weighted by Gasteiger charge is 2.20. The van der Waals surface area contributed by atoms with Crippen molar-refractivity contribution in [2.45, 2.75) is 31.2 Å². The average molecular weight is 436 g/mol. The molecule has 0 saturated carbocycles. The molecule has 0 fully saturated rings. The molecule has 1 heterocycles. The molecule has 1 aromatic heterocycles. The maximum absolute atomic E-state index is 12.5. The molecule has 160 valence electrons. The lowest BCUT2D eigenvalue weighted by Gasteiger charge is -2.15. The van der Waals surface area contributed by atoms with Gasteiger partial charge in [0.15, 0.2) is 11.0 Å². The second kappa shape index (κ2) is 11.1. The lowest BCUT2D eigenvalue weighted by molar-refractivity contribution is -0.118. The van der Waals surface area contributed by atoms with Gasteiger partial charge in [-0.3, -0.25) is 9.59 Å². The Morgan fingerprint density at radius 3 is 2.45 bits per heavy atom. The fourth-order valence-corrected chi connectivity index (χ4v) is 3.72. The van der Waals surface area contributed by atoms with Crippen molar-refractivity contribution in [3.05, 3.63) is 90.3 Å². The molecule has 1 unspecified atom stereocenters. The van der Waals surface area contributed by atoms with Crippen LogP contribution in [0.1, 0.15) is 34.7 Å². The van der Waals surface area contributed by atoms with Gasteiger partial charge in [-0.1, -0.05) is 66.4 Å². The third-order valence-electron chi connectivity index (χ3n) is 4.49. The summed E-state index contributed by atoms with van der Waals surface area (Å²) in [6.45, 7) is 6.60. The Labute approximate surface area is 186 Å². The first-order valence-electron chi connectivity index (χ1n) is 9.91. The number of benzene rings is 2. The molecule has 3 rings (SSSR count). The van der Waals surface area contributed by atoms with Gasteiger partial charge in [-0.2, -0.15) is 0 Å². The first-order valence-corrected chi connectivity index (χ1v) is 10.9. The predicted octanol–water partition coefficient (Wildman–Crippen LogP) is 3.36. The molecule has 1 atom stereocenters. The minimum Gasteiger partial charge on any atom is -0.351 e. The molecular formula is C23H25N5O2S. The largest absolute Gasteiger partial charge is 0.351 e. The summed E-state index contributed by atoms with van der Waals surface area (Å²) in [6.07, 6.45) is 1.73. The summed E-state index contributed by atoms with van der Waals surface area (Å²) in [5, 5.41) is 14.9. The SMILES string of the molecule is C=CCn1c(SCC(=O)NCc2ccccc2)nnc1C(C)NC(=O)c1ccccc1. The summed E-state index contributed by atoms with van der Waals surface area (Å²) in [7, 11) is 0. The topological polar surface area (TPSA) is 88.9 Å². The van der Waals surface area contributed by atoms with Crippen molar-refractivity contribution in [3.63, 3.8) is 0 Å². The third kappa shape index (κ3) is 6.29. The molecule has 0 spiro atoms. The maximum atomic E-state index is 12.5. The van der Waals surface area contributed by atoms with E-state index < -0.39 is 0 Å². The molecular weight excluding hydrogens is 410 g/mol. The average Bonchev–Trinajstić information content (AvgIpc) is 3.20. The molecule has 2 N–H and O–H groups in total. The van der Waals surface area contributed by atoms with Crippen LogP contribution in [0.4, 0.5) is 0 Å². The van der Waals surface area contributed by atoms with E-state index in [1.165, 1.54) is 11.8 Å². The summed E-state index contributed by atoms with van der Waals surface area (Å²) in [5.41, 5.74) is 1.62. The van der Waals surface area contributed by atoms with E-state index in [0.717, 1.165) is 5.56 Å². The van der Waals surface area contributed by atoms with E-state index in [2.05, 4.69) is 27.4 Å². The number of hydrogen-bond donors (Lipinski definition) is 2. The number of amides is 2. The van der Waals surface area contributed by atoms with Crippen molar-refractivity contribution in [2.75, 3.05) is 5.75 Å². The molecule has 2 amide bonds. The Balaban J connectivity index is 1.60. The van der Waals surface area contributed by atoms with Crippen LogP contribution in [0.3, 0.4) is 0 Å². The Kier molecular flexibility index (Phi) is 8.00. The number of allylic oxidation sites excluding steroid dienone is 1. The molecule has 2 aromatic carbocycles. The smallest absolute Gasteiger partial charge is 0.251 e. The Bertz CT molecular complexity index is 1020. The van der Waals surface area contributed by atoms with Crippen LogP contribution >= 0.6 is 11.8 Å². The van der Waals surface area contributed by atoms with Gasteiger partial charge in [-0.05, 0) is 24.6 Å².